The summed E-state index contributed by atoms with van der Waals surface area (Å²) in [5.74, 6) is 0. The van der Waals surface area contributed by atoms with E-state index in [1.54, 1.807) is 0 Å². The van der Waals surface area contributed by atoms with Gasteiger partial charge >= 0.3 is 0 Å². The zero-order valence-electron chi connectivity index (χ0n) is 29.8. The van der Waals surface area contributed by atoms with Gasteiger partial charge in [0.25, 0.3) is 0 Å². The maximum atomic E-state index is 2.46. The fraction of sp³-hybridized carbons (Fsp3) is 0.0566. The molecule has 0 aromatic heterocycles. The first-order valence-corrected chi connectivity index (χ1v) is 18.7. The molecule has 53 heavy (non-hydrogen) atoms. The van der Waals surface area contributed by atoms with Gasteiger partial charge in [0.15, 0.2) is 0 Å². The fourth-order valence-corrected chi connectivity index (χ4v) is 9.43. The summed E-state index contributed by atoms with van der Waals surface area (Å²) in [4.78, 5) is 0. The third-order valence-corrected chi connectivity index (χ3v) is 12.1. The van der Waals surface area contributed by atoms with Gasteiger partial charge < -0.3 is 0 Å². The fourth-order valence-electron chi connectivity index (χ4n) is 9.43. The van der Waals surface area contributed by atoms with Gasteiger partial charge in [-0.15, -0.1) is 0 Å². The second-order valence-corrected chi connectivity index (χ2v) is 15.2. The molecule has 0 aliphatic heterocycles. The number of benzene rings is 10. The Hall–Kier alpha value is -6.50. The van der Waals surface area contributed by atoms with Crippen LogP contribution in [0.25, 0.3) is 98.4 Å². The zero-order chi connectivity index (χ0) is 35.3. The first-order valence-electron chi connectivity index (χ1n) is 18.7. The number of hydrogen-bond donors (Lipinski definition) is 0. The van der Waals surface area contributed by atoms with Crippen LogP contribution in [0, 0.1) is 0 Å². The van der Waals surface area contributed by atoms with Gasteiger partial charge in [0.2, 0.25) is 0 Å². The van der Waals surface area contributed by atoms with E-state index in [-0.39, 0.29) is 5.41 Å². The minimum Gasteiger partial charge on any atom is -0.0616 e. The largest absolute Gasteiger partial charge is 0.0616 e. The monoisotopic (exact) mass is 672 g/mol. The van der Waals surface area contributed by atoms with Crippen LogP contribution < -0.4 is 0 Å². The van der Waals surface area contributed by atoms with Crippen molar-refractivity contribution in [1.82, 2.24) is 0 Å². The highest BCUT2D eigenvalue weighted by Crippen LogP contribution is 2.51. The van der Waals surface area contributed by atoms with Crippen LogP contribution in [0.2, 0.25) is 0 Å². The lowest BCUT2D eigenvalue weighted by Crippen LogP contribution is -2.15. The van der Waals surface area contributed by atoms with Gasteiger partial charge in [-0.05, 0) is 128 Å². The summed E-state index contributed by atoms with van der Waals surface area (Å²) in [5, 5.41) is 12.9. The van der Waals surface area contributed by atoms with Crippen LogP contribution in [0.15, 0.2) is 182 Å². The van der Waals surface area contributed by atoms with Gasteiger partial charge in [0.1, 0.15) is 0 Å². The third kappa shape index (κ3) is 4.42. The zero-order valence-corrected chi connectivity index (χ0v) is 29.8. The summed E-state index contributed by atoms with van der Waals surface area (Å²) >= 11 is 0. The lowest BCUT2D eigenvalue weighted by atomic mass is 9.80. The molecule has 10 aromatic rings. The van der Waals surface area contributed by atoms with Crippen LogP contribution in [0.4, 0.5) is 0 Å². The topological polar surface area (TPSA) is 0 Å². The van der Waals surface area contributed by atoms with E-state index in [9.17, 15) is 0 Å². The predicted molar refractivity (Wildman–Crippen MR) is 228 cm³/mol. The van der Waals surface area contributed by atoms with Crippen LogP contribution in [-0.2, 0) is 5.41 Å². The Labute approximate surface area is 309 Å². The van der Waals surface area contributed by atoms with Crippen molar-refractivity contribution < 1.29 is 0 Å². The first kappa shape index (κ1) is 30.2. The van der Waals surface area contributed by atoms with Crippen molar-refractivity contribution in [2.45, 2.75) is 19.3 Å². The smallest absolute Gasteiger partial charge is 0.0159 e. The van der Waals surface area contributed by atoms with Gasteiger partial charge in [0.05, 0.1) is 0 Å². The molecule has 0 N–H and O–H groups in total. The van der Waals surface area contributed by atoms with E-state index in [1.807, 2.05) is 0 Å². The van der Waals surface area contributed by atoms with Crippen molar-refractivity contribution in [2.75, 3.05) is 0 Å². The van der Waals surface area contributed by atoms with Crippen LogP contribution in [0.1, 0.15) is 25.0 Å². The molecule has 0 unspecified atom stereocenters. The van der Waals surface area contributed by atoms with Gasteiger partial charge in [-0.1, -0.05) is 178 Å². The van der Waals surface area contributed by atoms with E-state index in [1.165, 1.54) is 109 Å². The second kappa shape index (κ2) is 11.2. The lowest BCUT2D eigenvalue weighted by Gasteiger charge is -2.23. The number of rotatable bonds is 3. The Bertz CT molecular complexity index is 3100. The van der Waals surface area contributed by atoms with Crippen molar-refractivity contribution in [3.8, 4) is 44.5 Å². The molecular weight excluding hydrogens is 637 g/mol. The lowest BCUT2D eigenvalue weighted by molar-refractivity contribution is 0.661. The van der Waals surface area contributed by atoms with Crippen molar-refractivity contribution in [1.29, 1.82) is 0 Å². The van der Waals surface area contributed by atoms with Crippen molar-refractivity contribution in [3.63, 3.8) is 0 Å². The van der Waals surface area contributed by atoms with E-state index in [0.717, 1.165) is 0 Å². The van der Waals surface area contributed by atoms with E-state index in [2.05, 4.69) is 196 Å². The Morgan fingerprint density at radius 3 is 1.21 bits per heavy atom. The maximum Gasteiger partial charge on any atom is 0.0159 e. The summed E-state index contributed by atoms with van der Waals surface area (Å²) in [5.41, 5.74) is 12.9. The average Bonchev–Trinajstić information content (AvgIpc) is 3.44. The van der Waals surface area contributed by atoms with Crippen molar-refractivity contribution in [2.24, 2.45) is 0 Å². The summed E-state index contributed by atoms with van der Waals surface area (Å²) in [6, 6.07) is 67.9. The van der Waals surface area contributed by atoms with E-state index >= 15 is 0 Å². The molecule has 1 aliphatic rings. The highest BCUT2D eigenvalue weighted by molar-refractivity contribution is 6.26. The Morgan fingerprint density at radius 2 is 0.642 bits per heavy atom. The van der Waals surface area contributed by atoms with Gasteiger partial charge in [-0.25, -0.2) is 0 Å². The van der Waals surface area contributed by atoms with Crippen LogP contribution in [0.3, 0.4) is 0 Å². The van der Waals surface area contributed by atoms with E-state index in [4.69, 9.17) is 0 Å². The predicted octanol–water partition coefficient (Wildman–Crippen LogP) is 14.8. The molecule has 0 saturated carbocycles. The average molecular weight is 673 g/mol. The van der Waals surface area contributed by atoms with Crippen LogP contribution in [0.5, 0.6) is 0 Å². The SMILES string of the molecule is CC1(C)c2cc(-c3cccc4ccccc34)ccc2-c2ccc(-c3ccc(-c4ccc5c6ccccc6c6ccccc6c5c4)c4ccccc34)cc21. The standard InChI is InChI=1S/C53H36/c1-53(2)51-31-35(38-21-11-13-33-12-3-4-14-37(33)38)23-26-48(51)49-27-24-36(32-52(49)53)40-29-28-39(41-15-5-6-16-42(40)41)34-22-25-47-45-19-8-7-17-43(45)44-18-9-10-20-46(44)50(47)30-34/h3-32H,1-2H3. The number of hydrogen-bond acceptors (Lipinski definition) is 0. The molecule has 248 valence electrons. The number of fused-ring (bicyclic) bond motifs is 11. The quantitative estimate of drug-likeness (QED) is 0.164. The molecule has 0 bridgehead atoms. The molecule has 0 atom stereocenters. The van der Waals surface area contributed by atoms with Crippen molar-refractivity contribution in [3.05, 3.63) is 193 Å². The van der Waals surface area contributed by atoms with Crippen molar-refractivity contribution >= 4 is 53.9 Å². The molecule has 0 heterocycles. The maximum absolute atomic E-state index is 2.46. The Kier molecular flexibility index (Phi) is 6.40. The minimum absolute atomic E-state index is 0.130. The Morgan fingerprint density at radius 1 is 0.264 bits per heavy atom. The molecule has 0 amide bonds. The molecule has 0 nitrogen and oxygen atoms in total. The van der Waals surface area contributed by atoms with Gasteiger partial charge in [0, 0.05) is 5.41 Å². The molecule has 0 heteroatoms. The molecular formula is C53H36. The molecule has 0 saturated heterocycles. The third-order valence-electron chi connectivity index (χ3n) is 12.1. The molecule has 10 aromatic carbocycles. The minimum atomic E-state index is -0.130. The highest BCUT2D eigenvalue weighted by Gasteiger charge is 2.36. The van der Waals surface area contributed by atoms with E-state index in [0.29, 0.717) is 0 Å². The molecule has 0 fully saturated rings. The van der Waals surface area contributed by atoms with Crippen LogP contribution in [-0.4, -0.2) is 0 Å². The summed E-state index contributed by atoms with van der Waals surface area (Å²) in [7, 11) is 0. The molecule has 0 radical (unpaired) electrons. The first-order chi connectivity index (χ1) is 26.0. The second-order valence-electron chi connectivity index (χ2n) is 15.2. The molecule has 1 aliphatic carbocycles. The van der Waals surface area contributed by atoms with E-state index < -0.39 is 0 Å². The molecule has 0 spiro atoms. The highest BCUT2D eigenvalue weighted by atomic mass is 14.4. The van der Waals surface area contributed by atoms with Crippen LogP contribution >= 0.6 is 0 Å². The summed E-state index contributed by atoms with van der Waals surface area (Å²) < 4.78 is 0. The summed E-state index contributed by atoms with van der Waals surface area (Å²) in [6.45, 7) is 4.78. The molecule has 11 rings (SSSR count). The van der Waals surface area contributed by atoms with Gasteiger partial charge in [-0.2, -0.15) is 0 Å². The normalized spacial score (nSPS) is 13.2. The summed E-state index contributed by atoms with van der Waals surface area (Å²) in [6.07, 6.45) is 0. The van der Waals surface area contributed by atoms with Gasteiger partial charge in [-0.3, -0.25) is 0 Å². The Balaban J connectivity index is 1.03.